The molecule has 0 spiro atoms. The maximum atomic E-state index is 5.72. The molecule has 2 nitrogen and oxygen atoms in total. The van der Waals surface area contributed by atoms with Crippen LogP contribution in [0.25, 0.3) is 0 Å². The molecule has 0 saturated carbocycles. The highest BCUT2D eigenvalue weighted by Crippen LogP contribution is 2.18. The molecular weight excluding hydrogens is 254 g/mol. The maximum absolute atomic E-state index is 5.72. The van der Waals surface area contributed by atoms with E-state index in [9.17, 15) is 0 Å². The second kappa shape index (κ2) is 4.35. The summed E-state index contributed by atoms with van der Waals surface area (Å²) >= 11 is 3.41. The second-order valence-electron chi connectivity index (χ2n) is 3.95. The van der Waals surface area contributed by atoms with Crippen LogP contribution in [0.5, 0.6) is 0 Å². The Morgan fingerprint density at radius 3 is 2.53 bits per heavy atom. The van der Waals surface area contributed by atoms with E-state index in [1.165, 1.54) is 0 Å². The van der Waals surface area contributed by atoms with Gasteiger partial charge in [-0.2, -0.15) is 0 Å². The van der Waals surface area contributed by atoms with Crippen molar-refractivity contribution >= 4 is 21.8 Å². The summed E-state index contributed by atoms with van der Waals surface area (Å²) in [7, 11) is 0. The van der Waals surface area contributed by atoms with Gasteiger partial charge in [0.15, 0.2) is 0 Å². The highest BCUT2D eigenvalue weighted by atomic mass is 79.9. The Hall–Kier alpha value is -0.830. The number of halogens is 1. The van der Waals surface area contributed by atoms with Gasteiger partial charge in [0.25, 0.3) is 0 Å². The highest BCUT2D eigenvalue weighted by Gasteiger charge is 2.19. The molecule has 1 heterocycles. The summed E-state index contributed by atoms with van der Waals surface area (Å²) in [6.45, 7) is 4.21. The predicted octanol–water partition coefficient (Wildman–Crippen LogP) is 3.39. The fourth-order valence-corrected chi connectivity index (χ4v) is 2.00. The number of aliphatic imine (C=N–C) groups is 1. The van der Waals surface area contributed by atoms with Gasteiger partial charge in [-0.1, -0.05) is 15.9 Å². The first kappa shape index (κ1) is 10.7. The number of ether oxygens (including phenoxy) is 1. The van der Waals surface area contributed by atoms with E-state index in [-0.39, 0.29) is 6.10 Å². The fraction of sp³-hybridized carbons (Fsp3) is 0.417. The van der Waals surface area contributed by atoms with Crippen LogP contribution in [0.3, 0.4) is 0 Å². The van der Waals surface area contributed by atoms with Crippen molar-refractivity contribution < 1.29 is 4.74 Å². The molecule has 80 valence electrons. The normalized spacial score (nSPS) is 25.7. The van der Waals surface area contributed by atoms with Gasteiger partial charge in [-0.3, -0.25) is 0 Å². The van der Waals surface area contributed by atoms with Gasteiger partial charge in [0.2, 0.25) is 5.90 Å². The van der Waals surface area contributed by atoms with Gasteiger partial charge in [-0.15, -0.1) is 0 Å². The van der Waals surface area contributed by atoms with Gasteiger partial charge in [0, 0.05) is 16.5 Å². The van der Waals surface area contributed by atoms with E-state index in [1.807, 2.05) is 24.3 Å². The lowest BCUT2D eigenvalue weighted by Crippen LogP contribution is -2.26. The van der Waals surface area contributed by atoms with E-state index < -0.39 is 0 Å². The average Bonchev–Trinajstić information content (AvgIpc) is 2.17. The Morgan fingerprint density at radius 1 is 1.27 bits per heavy atom. The smallest absolute Gasteiger partial charge is 0.216 e. The first-order chi connectivity index (χ1) is 7.15. The van der Waals surface area contributed by atoms with Crippen LogP contribution in [0.15, 0.2) is 33.7 Å². The van der Waals surface area contributed by atoms with Gasteiger partial charge in [-0.25, -0.2) is 4.99 Å². The summed E-state index contributed by atoms with van der Waals surface area (Å²) in [6.07, 6.45) is 1.26. The largest absolute Gasteiger partial charge is 0.474 e. The number of rotatable bonds is 1. The van der Waals surface area contributed by atoms with Gasteiger partial charge in [0.05, 0.1) is 12.1 Å². The van der Waals surface area contributed by atoms with E-state index in [1.54, 1.807) is 0 Å². The molecule has 0 aliphatic carbocycles. The van der Waals surface area contributed by atoms with E-state index in [4.69, 9.17) is 4.74 Å². The number of hydrogen-bond donors (Lipinski definition) is 0. The van der Waals surface area contributed by atoms with Crippen molar-refractivity contribution in [1.82, 2.24) is 0 Å². The van der Waals surface area contributed by atoms with Crippen molar-refractivity contribution in [2.45, 2.75) is 32.4 Å². The van der Waals surface area contributed by atoms with Gasteiger partial charge in [-0.05, 0) is 38.1 Å². The molecule has 3 heteroatoms. The van der Waals surface area contributed by atoms with Crippen LogP contribution in [-0.4, -0.2) is 18.0 Å². The third kappa shape index (κ3) is 2.59. The summed E-state index contributed by atoms with van der Waals surface area (Å²) < 4.78 is 6.79. The molecule has 2 atom stereocenters. The fourth-order valence-electron chi connectivity index (χ4n) is 1.74. The molecule has 15 heavy (non-hydrogen) atoms. The van der Waals surface area contributed by atoms with Crippen molar-refractivity contribution in [3.8, 4) is 0 Å². The Labute approximate surface area is 98.5 Å². The average molecular weight is 268 g/mol. The van der Waals surface area contributed by atoms with Crippen LogP contribution in [0.1, 0.15) is 25.8 Å². The topological polar surface area (TPSA) is 21.6 Å². The maximum Gasteiger partial charge on any atom is 0.216 e. The molecule has 1 aliphatic heterocycles. The van der Waals surface area contributed by atoms with Gasteiger partial charge >= 0.3 is 0 Å². The van der Waals surface area contributed by atoms with Crippen molar-refractivity contribution in [3.05, 3.63) is 34.3 Å². The third-order valence-electron chi connectivity index (χ3n) is 2.41. The molecule has 0 radical (unpaired) electrons. The number of benzene rings is 1. The monoisotopic (exact) mass is 267 g/mol. The zero-order chi connectivity index (χ0) is 10.8. The molecule has 0 bridgehead atoms. The molecule has 0 fully saturated rings. The van der Waals surface area contributed by atoms with E-state index in [0.29, 0.717) is 6.04 Å². The highest BCUT2D eigenvalue weighted by molar-refractivity contribution is 9.10. The number of hydrogen-bond acceptors (Lipinski definition) is 2. The quantitative estimate of drug-likeness (QED) is 0.765. The van der Waals surface area contributed by atoms with Crippen LogP contribution >= 0.6 is 15.9 Å². The molecule has 1 aromatic rings. The number of nitrogens with zero attached hydrogens (tertiary/aromatic N) is 1. The molecule has 1 aromatic carbocycles. The Kier molecular flexibility index (Phi) is 3.10. The van der Waals surface area contributed by atoms with Crippen LogP contribution < -0.4 is 0 Å². The van der Waals surface area contributed by atoms with Crippen molar-refractivity contribution in [2.75, 3.05) is 0 Å². The SMILES string of the molecule is CC1CC(C)OC(c2ccc(Br)cc2)=N1. The minimum atomic E-state index is 0.260. The first-order valence-corrected chi connectivity index (χ1v) is 5.95. The zero-order valence-electron chi connectivity index (χ0n) is 8.90. The predicted molar refractivity (Wildman–Crippen MR) is 65.3 cm³/mol. The van der Waals surface area contributed by atoms with E-state index in [0.717, 1.165) is 22.4 Å². The Balaban J connectivity index is 2.26. The second-order valence-corrected chi connectivity index (χ2v) is 4.87. The molecule has 0 amide bonds. The van der Waals surface area contributed by atoms with Crippen molar-refractivity contribution in [2.24, 2.45) is 4.99 Å². The standard InChI is InChI=1S/C12H14BrNO/c1-8-7-9(2)15-12(14-8)10-3-5-11(13)6-4-10/h3-6,8-9H,7H2,1-2H3. The van der Waals surface area contributed by atoms with Crippen molar-refractivity contribution in [3.63, 3.8) is 0 Å². The van der Waals surface area contributed by atoms with Crippen LogP contribution in [0.4, 0.5) is 0 Å². The molecule has 2 rings (SSSR count). The summed E-state index contributed by atoms with van der Waals surface area (Å²) in [6, 6.07) is 8.41. The Bertz CT molecular complexity index is 372. The minimum Gasteiger partial charge on any atom is -0.474 e. The summed E-state index contributed by atoms with van der Waals surface area (Å²) in [5, 5.41) is 0. The molecular formula is C12H14BrNO. The zero-order valence-corrected chi connectivity index (χ0v) is 10.5. The summed E-state index contributed by atoms with van der Waals surface area (Å²) in [4.78, 5) is 4.51. The molecule has 1 aliphatic rings. The minimum absolute atomic E-state index is 0.260. The lowest BCUT2D eigenvalue weighted by molar-refractivity contribution is 0.171. The van der Waals surface area contributed by atoms with Gasteiger partial charge in [0.1, 0.15) is 0 Å². The Morgan fingerprint density at radius 2 is 1.93 bits per heavy atom. The summed E-state index contributed by atoms with van der Waals surface area (Å²) in [5.41, 5.74) is 1.05. The van der Waals surface area contributed by atoms with E-state index >= 15 is 0 Å². The third-order valence-corrected chi connectivity index (χ3v) is 2.94. The van der Waals surface area contributed by atoms with E-state index in [2.05, 4.69) is 34.8 Å². The summed E-state index contributed by atoms with van der Waals surface area (Å²) in [5.74, 6) is 0.772. The molecule has 0 N–H and O–H groups in total. The molecule has 0 aromatic heterocycles. The van der Waals surface area contributed by atoms with Crippen molar-refractivity contribution in [1.29, 1.82) is 0 Å². The van der Waals surface area contributed by atoms with Crippen LogP contribution in [0, 0.1) is 0 Å². The lowest BCUT2D eigenvalue weighted by atomic mass is 10.1. The molecule has 2 unspecified atom stereocenters. The van der Waals surface area contributed by atoms with Crippen LogP contribution in [-0.2, 0) is 4.74 Å². The molecule has 0 saturated heterocycles. The van der Waals surface area contributed by atoms with Crippen LogP contribution in [0.2, 0.25) is 0 Å². The van der Waals surface area contributed by atoms with Gasteiger partial charge < -0.3 is 4.74 Å². The lowest BCUT2D eigenvalue weighted by Gasteiger charge is -2.24. The first-order valence-electron chi connectivity index (χ1n) is 5.15.